The first kappa shape index (κ1) is 32.7. The summed E-state index contributed by atoms with van der Waals surface area (Å²) in [6.07, 6.45) is -8.94. The third kappa shape index (κ3) is 7.30. The van der Waals surface area contributed by atoms with Crippen molar-refractivity contribution in [2.24, 2.45) is 7.05 Å². The molecule has 0 aliphatic rings. The smallest absolute Gasteiger partial charge is 0.475 e. The molecule has 0 fully saturated rings. The predicted octanol–water partition coefficient (Wildman–Crippen LogP) is 6.73. The summed E-state index contributed by atoms with van der Waals surface area (Å²) < 4.78 is 88.6. The standard InChI is InChI=1S/C28H24F4N6.C2HF3O2/c1-3-15-7-10-22(29)21(11-15)24(23-14-17-13-19(33)8-9-20(17)25(34)35-23)27-36-26(37-38(27)2)16-5-4-6-18(12-16)28(30,31)32;3-2(4,5)1(6)7/h4-14,24H,3,33H2,1-2H3,(H2,34,35);(H,6,7). The number of aryl methyl sites for hydroxylation is 2. The van der Waals surface area contributed by atoms with Crippen LogP contribution in [0, 0.1) is 5.82 Å². The molecule has 0 aliphatic heterocycles. The number of nitrogen functional groups attached to an aromatic ring is 2. The molecule has 45 heavy (non-hydrogen) atoms. The second-order valence-electron chi connectivity index (χ2n) is 9.85. The third-order valence-electron chi connectivity index (χ3n) is 6.73. The number of hydrogen-bond acceptors (Lipinski definition) is 6. The van der Waals surface area contributed by atoms with Crippen LogP contribution in [-0.2, 0) is 24.4 Å². The lowest BCUT2D eigenvalue weighted by atomic mass is 9.91. The molecule has 0 spiro atoms. The van der Waals surface area contributed by atoms with Gasteiger partial charge < -0.3 is 16.6 Å². The molecule has 5 aromatic rings. The Bertz CT molecular complexity index is 1870. The molecule has 2 aromatic heterocycles. The Morgan fingerprint density at radius 1 is 0.956 bits per heavy atom. The van der Waals surface area contributed by atoms with E-state index < -0.39 is 35.6 Å². The Kier molecular flexibility index (Phi) is 9.02. The van der Waals surface area contributed by atoms with Gasteiger partial charge >= 0.3 is 18.3 Å². The fraction of sp³-hybridized carbons (Fsp3) is 0.200. The van der Waals surface area contributed by atoms with Crippen molar-refractivity contribution < 1.29 is 40.6 Å². The largest absolute Gasteiger partial charge is 0.490 e. The Morgan fingerprint density at radius 3 is 2.27 bits per heavy atom. The number of carboxylic acid groups (broad SMARTS) is 1. The summed E-state index contributed by atoms with van der Waals surface area (Å²) >= 11 is 0. The molecule has 2 heterocycles. The maximum atomic E-state index is 15.4. The molecule has 0 aliphatic carbocycles. The minimum Gasteiger partial charge on any atom is -0.475 e. The number of anilines is 2. The van der Waals surface area contributed by atoms with E-state index in [0.29, 0.717) is 40.0 Å². The van der Waals surface area contributed by atoms with Crippen LogP contribution >= 0.6 is 0 Å². The number of carbonyl (C=O) groups is 1. The molecular formula is C30H25F7N6O2. The van der Waals surface area contributed by atoms with Crippen molar-refractivity contribution in [1.29, 1.82) is 0 Å². The topological polar surface area (TPSA) is 133 Å². The summed E-state index contributed by atoms with van der Waals surface area (Å²) in [5, 5.41) is 12.9. The molecule has 3 aromatic carbocycles. The van der Waals surface area contributed by atoms with Gasteiger partial charge in [0.05, 0.1) is 17.2 Å². The van der Waals surface area contributed by atoms with Gasteiger partial charge in [0.1, 0.15) is 17.5 Å². The van der Waals surface area contributed by atoms with Crippen molar-refractivity contribution in [2.45, 2.75) is 31.6 Å². The zero-order valence-corrected chi connectivity index (χ0v) is 23.6. The van der Waals surface area contributed by atoms with Crippen LogP contribution in [0.4, 0.5) is 42.2 Å². The number of alkyl halides is 6. The number of nitrogens with zero attached hydrogens (tertiary/aromatic N) is 4. The summed E-state index contributed by atoms with van der Waals surface area (Å²) in [7, 11) is 1.61. The molecule has 0 amide bonds. The summed E-state index contributed by atoms with van der Waals surface area (Å²) in [6.45, 7) is 1.95. The fourth-order valence-electron chi connectivity index (χ4n) is 4.54. The van der Waals surface area contributed by atoms with E-state index >= 15 is 4.39 Å². The van der Waals surface area contributed by atoms with Gasteiger partial charge in [0, 0.05) is 29.2 Å². The van der Waals surface area contributed by atoms with Crippen molar-refractivity contribution in [2.75, 3.05) is 11.5 Å². The van der Waals surface area contributed by atoms with Gasteiger partial charge in [-0.25, -0.2) is 19.2 Å². The number of nitrogens with two attached hydrogens (primary N) is 2. The zero-order valence-electron chi connectivity index (χ0n) is 23.6. The zero-order chi connectivity index (χ0) is 33.3. The summed E-state index contributed by atoms with van der Waals surface area (Å²) in [5.74, 6) is -3.50. The van der Waals surface area contributed by atoms with Crippen LogP contribution in [0.15, 0.2) is 66.7 Å². The summed E-state index contributed by atoms with van der Waals surface area (Å²) in [6, 6.07) is 16.6. The highest BCUT2D eigenvalue weighted by Crippen LogP contribution is 2.37. The number of benzene rings is 3. The first-order valence-corrected chi connectivity index (χ1v) is 13.1. The van der Waals surface area contributed by atoms with E-state index in [4.69, 9.17) is 21.4 Å². The highest BCUT2D eigenvalue weighted by Gasteiger charge is 2.38. The number of pyridine rings is 1. The normalized spacial score (nSPS) is 12.5. The highest BCUT2D eigenvalue weighted by atomic mass is 19.4. The van der Waals surface area contributed by atoms with E-state index in [1.54, 1.807) is 43.4 Å². The molecule has 5 rings (SSSR count). The number of carboxylic acids is 1. The van der Waals surface area contributed by atoms with Crippen LogP contribution in [0.25, 0.3) is 22.2 Å². The Labute approximate surface area is 251 Å². The lowest BCUT2D eigenvalue weighted by Gasteiger charge is -2.19. The second-order valence-corrected chi connectivity index (χ2v) is 9.85. The highest BCUT2D eigenvalue weighted by molar-refractivity contribution is 5.93. The molecule has 0 saturated heterocycles. The number of aliphatic carboxylic acids is 1. The second kappa shape index (κ2) is 12.4. The molecule has 0 bridgehead atoms. The van der Waals surface area contributed by atoms with Gasteiger partial charge in [0.25, 0.3) is 0 Å². The van der Waals surface area contributed by atoms with Crippen LogP contribution in [0.3, 0.4) is 0 Å². The molecule has 1 unspecified atom stereocenters. The first-order chi connectivity index (χ1) is 21.0. The molecule has 15 heteroatoms. The Morgan fingerprint density at radius 2 is 1.64 bits per heavy atom. The molecule has 0 radical (unpaired) electrons. The van der Waals surface area contributed by atoms with Crippen molar-refractivity contribution in [1.82, 2.24) is 19.7 Å². The van der Waals surface area contributed by atoms with Crippen LogP contribution in [-0.4, -0.2) is 37.0 Å². The molecule has 5 N–H and O–H groups in total. The van der Waals surface area contributed by atoms with Crippen LogP contribution in [0.2, 0.25) is 0 Å². The molecule has 1 atom stereocenters. The van der Waals surface area contributed by atoms with Gasteiger partial charge in [-0.2, -0.15) is 31.4 Å². The van der Waals surface area contributed by atoms with Crippen LogP contribution in [0.1, 0.15) is 41.1 Å². The van der Waals surface area contributed by atoms with E-state index in [0.717, 1.165) is 17.7 Å². The van der Waals surface area contributed by atoms with Crippen molar-refractivity contribution in [3.05, 3.63) is 101 Å². The predicted molar refractivity (Wildman–Crippen MR) is 152 cm³/mol. The Hall–Kier alpha value is -5.21. The average Bonchev–Trinajstić information content (AvgIpc) is 3.34. The monoisotopic (exact) mass is 634 g/mol. The van der Waals surface area contributed by atoms with Crippen LogP contribution in [0.5, 0.6) is 0 Å². The molecular weight excluding hydrogens is 609 g/mol. The molecule has 236 valence electrons. The minimum atomic E-state index is -5.08. The lowest BCUT2D eigenvalue weighted by Crippen LogP contribution is -2.21. The average molecular weight is 635 g/mol. The summed E-state index contributed by atoms with van der Waals surface area (Å²) in [4.78, 5) is 18.1. The van der Waals surface area contributed by atoms with Gasteiger partial charge in [-0.15, -0.1) is 0 Å². The maximum absolute atomic E-state index is 15.4. The summed E-state index contributed by atoms with van der Waals surface area (Å²) in [5.41, 5.74) is 13.8. The maximum Gasteiger partial charge on any atom is 0.490 e. The van der Waals surface area contributed by atoms with Gasteiger partial charge in [-0.1, -0.05) is 31.2 Å². The van der Waals surface area contributed by atoms with Crippen molar-refractivity contribution in [3.8, 4) is 11.4 Å². The van der Waals surface area contributed by atoms with Gasteiger partial charge in [-0.05, 0) is 59.8 Å². The van der Waals surface area contributed by atoms with Gasteiger partial charge in [0.15, 0.2) is 5.82 Å². The number of fused-ring (bicyclic) bond motifs is 1. The third-order valence-corrected chi connectivity index (χ3v) is 6.73. The van der Waals surface area contributed by atoms with Gasteiger partial charge in [0.2, 0.25) is 0 Å². The van der Waals surface area contributed by atoms with Crippen molar-refractivity contribution in [3.63, 3.8) is 0 Å². The SMILES string of the molecule is CCc1ccc(F)c(C(c2cc3cc(N)ccc3c(N)n2)c2nc(-c3cccc(C(F)(F)F)c3)nn2C)c1.O=C(O)C(F)(F)F. The number of rotatable bonds is 5. The number of halogens is 7. The molecule has 0 saturated carbocycles. The minimum absolute atomic E-state index is 0.0728. The first-order valence-electron chi connectivity index (χ1n) is 13.1. The van der Waals surface area contributed by atoms with E-state index in [2.05, 4.69) is 15.1 Å². The Balaban J connectivity index is 0.000000591. The van der Waals surface area contributed by atoms with E-state index in [1.807, 2.05) is 6.92 Å². The van der Waals surface area contributed by atoms with E-state index in [9.17, 15) is 26.3 Å². The lowest BCUT2D eigenvalue weighted by molar-refractivity contribution is -0.192. The van der Waals surface area contributed by atoms with Crippen molar-refractivity contribution >= 4 is 28.2 Å². The fourth-order valence-corrected chi connectivity index (χ4v) is 4.54. The quantitative estimate of drug-likeness (QED) is 0.144. The van der Waals surface area contributed by atoms with E-state index in [1.165, 1.54) is 22.9 Å². The van der Waals surface area contributed by atoms with E-state index in [-0.39, 0.29) is 17.2 Å². The van der Waals surface area contributed by atoms with Gasteiger partial charge in [-0.3, -0.25) is 4.68 Å². The number of aromatic nitrogens is 4. The number of hydrogen-bond donors (Lipinski definition) is 3. The molecule has 8 nitrogen and oxygen atoms in total. The van der Waals surface area contributed by atoms with Crippen LogP contribution < -0.4 is 11.5 Å².